The number of nitrogens with zero attached hydrogens (tertiary/aromatic N) is 1. The Morgan fingerprint density at radius 3 is 2.65 bits per heavy atom. The first-order valence-corrected chi connectivity index (χ1v) is 10.7. The molecule has 1 atom stereocenters. The number of hydrogen-bond donors (Lipinski definition) is 1. The van der Waals surface area contributed by atoms with E-state index >= 15 is 0 Å². The molecule has 1 fully saturated rings. The Kier molecular flexibility index (Phi) is 6.18. The van der Waals surface area contributed by atoms with Crippen molar-refractivity contribution in [1.82, 2.24) is 4.90 Å². The first-order valence-electron chi connectivity index (χ1n) is 9.66. The van der Waals surface area contributed by atoms with Gasteiger partial charge in [0.15, 0.2) is 0 Å². The van der Waals surface area contributed by atoms with Gasteiger partial charge in [-0.1, -0.05) is 12.1 Å². The summed E-state index contributed by atoms with van der Waals surface area (Å²) in [6, 6.07) is 16.1. The number of methoxy groups -OCH3 is 2. The van der Waals surface area contributed by atoms with Crippen LogP contribution in [-0.4, -0.2) is 36.7 Å². The van der Waals surface area contributed by atoms with E-state index in [1.165, 1.54) is 7.11 Å². The number of benzene rings is 2. The molecule has 4 rings (SSSR count). The van der Waals surface area contributed by atoms with Crippen LogP contribution in [0.25, 0.3) is 0 Å². The second kappa shape index (κ2) is 9.18. The second-order valence-electron chi connectivity index (χ2n) is 6.91. The van der Waals surface area contributed by atoms with Crippen molar-refractivity contribution in [1.29, 1.82) is 0 Å². The van der Waals surface area contributed by atoms with E-state index in [2.05, 4.69) is 5.32 Å². The van der Waals surface area contributed by atoms with Gasteiger partial charge in [-0.05, 0) is 42.0 Å². The summed E-state index contributed by atoms with van der Waals surface area (Å²) in [5.74, 6) is 2.13. The van der Waals surface area contributed by atoms with Crippen LogP contribution in [0.3, 0.4) is 0 Å². The SMILES string of the molecule is COc1ccc(NC(=O)c2ccc(C3SCC(=O)N3Cc3ccco3)cc2)c(OC)c1. The van der Waals surface area contributed by atoms with E-state index in [1.54, 1.807) is 60.4 Å². The van der Waals surface area contributed by atoms with Crippen molar-refractivity contribution in [3.05, 3.63) is 77.7 Å². The number of hydrogen-bond acceptors (Lipinski definition) is 6. The number of amides is 2. The van der Waals surface area contributed by atoms with E-state index in [1.807, 2.05) is 24.3 Å². The molecule has 7 nitrogen and oxygen atoms in total. The average Bonchev–Trinajstić information content (AvgIpc) is 3.44. The number of furan rings is 1. The van der Waals surface area contributed by atoms with Crippen LogP contribution < -0.4 is 14.8 Å². The highest BCUT2D eigenvalue weighted by atomic mass is 32.2. The van der Waals surface area contributed by atoms with Gasteiger partial charge in [0.05, 0.1) is 38.5 Å². The summed E-state index contributed by atoms with van der Waals surface area (Å²) in [4.78, 5) is 26.9. The minimum Gasteiger partial charge on any atom is -0.497 e. The monoisotopic (exact) mass is 438 g/mol. The Balaban J connectivity index is 1.47. The number of nitrogens with one attached hydrogen (secondary N) is 1. The van der Waals surface area contributed by atoms with Crippen LogP contribution in [0.5, 0.6) is 11.5 Å². The molecule has 1 N–H and O–H groups in total. The minimum absolute atomic E-state index is 0.0693. The lowest BCUT2D eigenvalue weighted by Crippen LogP contribution is -2.27. The molecule has 2 amide bonds. The Morgan fingerprint density at radius 2 is 1.97 bits per heavy atom. The van der Waals surface area contributed by atoms with E-state index in [4.69, 9.17) is 13.9 Å². The first kappa shape index (κ1) is 20.9. The zero-order valence-corrected chi connectivity index (χ0v) is 18.0. The van der Waals surface area contributed by atoms with Gasteiger partial charge in [0.1, 0.15) is 22.6 Å². The van der Waals surface area contributed by atoms with Gasteiger partial charge in [-0.25, -0.2) is 0 Å². The molecular weight excluding hydrogens is 416 g/mol. The number of ether oxygens (including phenoxy) is 2. The number of carbonyl (C=O) groups excluding carboxylic acids is 2. The van der Waals surface area contributed by atoms with Crippen LogP contribution in [0.4, 0.5) is 5.69 Å². The first-order chi connectivity index (χ1) is 15.1. The standard InChI is InChI=1S/C23H22N2O5S/c1-28-17-9-10-19(20(12-17)29-2)24-22(27)15-5-7-16(8-6-15)23-25(21(26)14-31-23)13-18-4-3-11-30-18/h3-12,23H,13-14H2,1-2H3,(H,24,27). The molecule has 1 saturated heterocycles. The van der Waals surface area contributed by atoms with E-state index in [9.17, 15) is 9.59 Å². The summed E-state index contributed by atoms with van der Waals surface area (Å²) in [6.07, 6.45) is 1.60. The summed E-state index contributed by atoms with van der Waals surface area (Å²) in [5.41, 5.74) is 2.02. The molecule has 2 heterocycles. The molecule has 1 aliphatic heterocycles. The predicted octanol–water partition coefficient (Wildman–Crippen LogP) is 4.32. The smallest absolute Gasteiger partial charge is 0.255 e. The van der Waals surface area contributed by atoms with Crippen molar-refractivity contribution < 1.29 is 23.5 Å². The van der Waals surface area contributed by atoms with Gasteiger partial charge in [0, 0.05) is 11.6 Å². The van der Waals surface area contributed by atoms with Crippen molar-refractivity contribution in [3.8, 4) is 11.5 Å². The second-order valence-corrected chi connectivity index (χ2v) is 7.98. The number of rotatable bonds is 7. The van der Waals surface area contributed by atoms with Crippen molar-refractivity contribution in [3.63, 3.8) is 0 Å². The van der Waals surface area contributed by atoms with Crippen molar-refractivity contribution >= 4 is 29.3 Å². The van der Waals surface area contributed by atoms with Gasteiger partial charge in [-0.15, -0.1) is 11.8 Å². The third-order valence-corrected chi connectivity index (χ3v) is 6.25. The predicted molar refractivity (Wildman–Crippen MR) is 118 cm³/mol. The van der Waals surface area contributed by atoms with Gasteiger partial charge in [-0.3, -0.25) is 9.59 Å². The van der Waals surface area contributed by atoms with Gasteiger partial charge in [0.25, 0.3) is 5.91 Å². The minimum atomic E-state index is -0.252. The van der Waals surface area contributed by atoms with E-state index < -0.39 is 0 Å². The summed E-state index contributed by atoms with van der Waals surface area (Å²) in [7, 11) is 3.11. The zero-order chi connectivity index (χ0) is 21.8. The normalized spacial score (nSPS) is 15.7. The molecule has 1 aromatic heterocycles. The van der Waals surface area contributed by atoms with Crippen molar-refractivity contribution in [2.24, 2.45) is 0 Å². The molecule has 160 valence electrons. The third kappa shape index (κ3) is 4.54. The van der Waals surface area contributed by atoms with Gasteiger partial charge < -0.3 is 24.1 Å². The molecular formula is C23H22N2O5S. The Morgan fingerprint density at radius 1 is 1.16 bits per heavy atom. The number of thioether (sulfide) groups is 1. The largest absolute Gasteiger partial charge is 0.497 e. The van der Waals surface area contributed by atoms with Crippen molar-refractivity contribution in [2.75, 3.05) is 25.3 Å². The summed E-state index contributed by atoms with van der Waals surface area (Å²) in [6.45, 7) is 0.420. The lowest BCUT2D eigenvalue weighted by atomic mass is 10.1. The Labute approximate surface area is 184 Å². The van der Waals surface area contributed by atoms with Crippen LogP contribution in [-0.2, 0) is 11.3 Å². The maximum Gasteiger partial charge on any atom is 0.255 e. The summed E-state index contributed by atoms with van der Waals surface area (Å²) in [5, 5.41) is 2.75. The Hall–Kier alpha value is -3.39. The zero-order valence-electron chi connectivity index (χ0n) is 17.2. The van der Waals surface area contributed by atoms with Crippen LogP contribution in [0.1, 0.15) is 27.1 Å². The van der Waals surface area contributed by atoms with E-state index in [0.717, 1.165) is 11.3 Å². The van der Waals surface area contributed by atoms with Crippen LogP contribution in [0.15, 0.2) is 65.3 Å². The highest BCUT2D eigenvalue weighted by Crippen LogP contribution is 2.39. The molecule has 3 aromatic rings. The van der Waals surface area contributed by atoms with Crippen LogP contribution in [0.2, 0.25) is 0 Å². The highest BCUT2D eigenvalue weighted by molar-refractivity contribution is 8.00. The maximum atomic E-state index is 12.7. The molecule has 0 radical (unpaired) electrons. The lowest BCUT2D eigenvalue weighted by molar-refractivity contribution is -0.128. The van der Waals surface area contributed by atoms with Gasteiger partial charge >= 0.3 is 0 Å². The maximum absolute atomic E-state index is 12.7. The number of carbonyl (C=O) groups is 2. The lowest BCUT2D eigenvalue weighted by Gasteiger charge is -2.23. The fourth-order valence-electron chi connectivity index (χ4n) is 3.37. The molecule has 1 unspecified atom stereocenters. The van der Waals surface area contributed by atoms with E-state index in [-0.39, 0.29) is 17.2 Å². The van der Waals surface area contributed by atoms with Gasteiger partial charge in [0.2, 0.25) is 5.91 Å². The fraction of sp³-hybridized carbons (Fsp3) is 0.217. The summed E-state index contributed by atoms with van der Waals surface area (Å²) >= 11 is 1.56. The summed E-state index contributed by atoms with van der Waals surface area (Å²) < 4.78 is 15.9. The molecule has 0 bridgehead atoms. The molecule has 8 heteroatoms. The average molecular weight is 439 g/mol. The molecule has 0 spiro atoms. The quantitative estimate of drug-likeness (QED) is 0.592. The van der Waals surface area contributed by atoms with Crippen LogP contribution in [0, 0.1) is 0 Å². The van der Waals surface area contributed by atoms with Gasteiger partial charge in [-0.2, -0.15) is 0 Å². The Bertz CT molecular complexity index is 1070. The molecule has 0 saturated carbocycles. The van der Waals surface area contributed by atoms with Crippen molar-refractivity contribution in [2.45, 2.75) is 11.9 Å². The fourth-order valence-corrected chi connectivity index (χ4v) is 4.55. The molecule has 2 aromatic carbocycles. The highest BCUT2D eigenvalue weighted by Gasteiger charge is 2.33. The molecule has 31 heavy (non-hydrogen) atoms. The molecule has 0 aliphatic carbocycles. The molecule has 1 aliphatic rings. The third-order valence-electron chi connectivity index (χ3n) is 4.99. The van der Waals surface area contributed by atoms with Crippen LogP contribution >= 0.6 is 11.8 Å². The number of anilines is 1. The van der Waals surface area contributed by atoms with E-state index in [0.29, 0.717) is 35.0 Å². The topological polar surface area (TPSA) is 81.0 Å².